The molecule has 2 nitrogen and oxygen atoms in total. The third kappa shape index (κ3) is 1.35. The molecule has 3 heteroatoms. The molecule has 0 amide bonds. The average molecular weight is 232 g/mol. The highest BCUT2D eigenvalue weighted by Gasteiger charge is 2.52. The number of rotatable bonds is 2. The highest BCUT2D eigenvalue weighted by molar-refractivity contribution is 5.85. The molecule has 0 saturated heterocycles. The van der Waals surface area contributed by atoms with Crippen LogP contribution in [0.4, 0.5) is 4.39 Å². The molecule has 3 rings (SSSR count). The van der Waals surface area contributed by atoms with Crippen molar-refractivity contribution in [2.75, 3.05) is 0 Å². The fourth-order valence-electron chi connectivity index (χ4n) is 2.66. The van der Waals surface area contributed by atoms with Gasteiger partial charge in [-0.1, -0.05) is 19.9 Å². The zero-order valence-corrected chi connectivity index (χ0v) is 10.2. The van der Waals surface area contributed by atoms with Gasteiger partial charge < -0.3 is 10.7 Å². The topological polar surface area (TPSA) is 41.8 Å². The van der Waals surface area contributed by atoms with Crippen molar-refractivity contribution in [3.05, 3.63) is 35.8 Å². The number of halogens is 1. The molecule has 1 saturated carbocycles. The molecule has 1 aliphatic rings. The number of nitrogens with two attached hydrogens (primary N) is 1. The van der Waals surface area contributed by atoms with Crippen LogP contribution in [0.25, 0.3) is 10.9 Å². The highest BCUT2D eigenvalue weighted by Crippen LogP contribution is 2.50. The van der Waals surface area contributed by atoms with Crippen LogP contribution in [0.2, 0.25) is 0 Å². The van der Waals surface area contributed by atoms with Crippen molar-refractivity contribution in [1.82, 2.24) is 4.98 Å². The minimum Gasteiger partial charge on any atom is -0.361 e. The van der Waals surface area contributed by atoms with Gasteiger partial charge in [0.2, 0.25) is 0 Å². The van der Waals surface area contributed by atoms with Gasteiger partial charge in [-0.05, 0) is 30.5 Å². The van der Waals surface area contributed by atoms with E-state index in [-0.39, 0.29) is 16.8 Å². The molecule has 0 radical (unpaired) electrons. The summed E-state index contributed by atoms with van der Waals surface area (Å²) in [7, 11) is 0. The smallest absolute Gasteiger partial charge is 0.132 e. The van der Waals surface area contributed by atoms with Gasteiger partial charge in [0, 0.05) is 28.1 Å². The van der Waals surface area contributed by atoms with Gasteiger partial charge in [0.05, 0.1) is 0 Å². The number of H-pyrrole nitrogens is 1. The van der Waals surface area contributed by atoms with E-state index in [1.165, 1.54) is 6.07 Å². The van der Waals surface area contributed by atoms with Crippen LogP contribution in [0.3, 0.4) is 0 Å². The average Bonchev–Trinajstić information content (AvgIpc) is 2.89. The summed E-state index contributed by atoms with van der Waals surface area (Å²) in [4.78, 5) is 3.14. The molecule has 0 bridgehead atoms. The van der Waals surface area contributed by atoms with Crippen LogP contribution in [0.15, 0.2) is 24.4 Å². The molecule has 1 aromatic heterocycles. The maximum atomic E-state index is 14.0. The lowest BCUT2D eigenvalue weighted by Gasteiger charge is -2.31. The fourth-order valence-corrected chi connectivity index (χ4v) is 2.66. The Morgan fingerprint density at radius 3 is 2.71 bits per heavy atom. The minimum absolute atomic E-state index is 0.170. The third-order valence-electron chi connectivity index (χ3n) is 4.36. The van der Waals surface area contributed by atoms with Crippen LogP contribution >= 0.6 is 0 Å². The molecule has 1 aromatic carbocycles. The van der Waals surface area contributed by atoms with Gasteiger partial charge in [0.25, 0.3) is 0 Å². The predicted octanol–water partition coefficient (Wildman–Crippen LogP) is 3.08. The lowest BCUT2D eigenvalue weighted by atomic mass is 9.76. The summed E-state index contributed by atoms with van der Waals surface area (Å²) in [6, 6.07) is 5.13. The van der Waals surface area contributed by atoms with Gasteiger partial charge in [0.15, 0.2) is 0 Å². The second-order valence-electron chi connectivity index (χ2n) is 5.65. The van der Waals surface area contributed by atoms with Crippen LogP contribution in [0.1, 0.15) is 32.3 Å². The third-order valence-corrected chi connectivity index (χ3v) is 4.36. The van der Waals surface area contributed by atoms with Crippen LogP contribution in [0.5, 0.6) is 0 Å². The molecule has 1 fully saturated rings. The van der Waals surface area contributed by atoms with E-state index in [0.29, 0.717) is 5.39 Å². The number of nitrogens with one attached hydrogen (secondary N) is 1. The van der Waals surface area contributed by atoms with Gasteiger partial charge in [-0.2, -0.15) is 0 Å². The van der Waals surface area contributed by atoms with Crippen molar-refractivity contribution in [3.8, 4) is 0 Å². The molecule has 3 N–H and O–H groups in total. The molecule has 0 aliphatic heterocycles. The monoisotopic (exact) mass is 232 g/mol. The number of hydrogen-bond acceptors (Lipinski definition) is 1. The Bertz CT molecular complexity index is 579. The molecule has 1 aliphatic carbocycles. The Balaban J connectivity index is 2.24. The Morgan fingerprint density at radius 2 is 2.06 bits per heavy atom. The van der Waals surface area contributed by atoms with Crippen molar-refractivity contribution >= 4 is 10.9 Å². The zero-order chi connectivity index (χ0) is 12.3. The summed E-state index contributed by atoms with van der Waals surface area (Å²) < 4.78 is 14.0. The fraction of sp³-hybridized carbons (Fsp3) is 0.429. The summed E-state index contributed by atoms with van der Waals surface area (Å²) in [5.74, 6) is -0.170. The molecular formula is C14H17FN2. The highest BCUT2D eigenvalue weighted by atomic mass is 19.1. The lowest BCUT2D eigenvalue weighted by molar-refractivity contribution is 0.393. The largest absolute Gasteiger partial charge is 0.361 e. The van der Waals surface area contributed by atoms with Crippen LogP contribution in [0, 0.1) is 5.82 Å². The van der Waals surface area contributed by atoms with E-state index >= 15 is 0 Å². The summed E-state index contributed by atoms with van der Waals surface area (Å²) in [6.07, 6.45) is 3.93. The first-order chi connectivity index (χ1) is 7.96. The Labute approximate surface area is 100 Å². The van der Waals surface area contributed by atoms with Gasteiger partial charge in [-0.25, -0.2) is 4.39 Å². The van der Waals surface area contributed by atoms with Gasteiger partial charge >= 0.3 is 0 Å². The first-order valence-corrected chi connectivity index (χ1v) is 6.01. The molecular weight excluding hydrogens is 215 g/mol. The lowest BCUT2D eigenvalue weighted by Crippen LogP contribution is -2.43. The van der Waals surface area contributed by atoms with Crippen LogP contribution in [-0.2, 0) is 5.41 Å². The maximum absolute atomic E-state index is 14.0. The molecule has 0 unspecified atom stereocenters. The van der Waals surface area contributed by atoms with E-state index in [1.54, 1.807) is 6.07 Å². The van der Waals surface area contributed by atoms with Gasteiger partial charge in [-0.15, -0.1) is 0 Å². The van der Waals surface area contributed by atoms with E-state index in [9.17, 15) is 4.39 Å². The zero-order valence-electron chi connectivity index (χ0n) is 10.2. The van der Waals surface area contributed by atoms with E-state index in [2.05, 4.69) is 18.8 Å². The molecule has 90 valence electrons. The van der Waals surface area contributed by atoms with E-state index < -0.39 is 0 Å². The van der Waals surface area contributed by atoms with Crippen molar-refractivity contribution < 1.29 is 4.39 Å². The standard InChI is InChI=1S/C14H17FN2/c1-13(2,14(16)6-7-14)9-8-17-11-5-3-4-10(15)12(9)11/h3-5,8,17H,6-7,16H2,1-2H3. The summed E-state index contributed by atoms with van der Waals surface area (Å²) in [5.41, 5.74) is 7.78. The SMILES string of the molecule is CC(C)(c1c[nH]c2cccc(F)c12)C1(N)CC1. The van der Waals surface area contributed by atoms with Crippen molar-refractivity contribution in [1.29, 1.82) is 0 Å². The molecule has 1 heterocycles. The van der Waals surface area contributed by atoms with Crippen LogP contribution in [-0.4, -0.2) is 10.5 Å². The Kier molecular flexibility index (Phi) is 1.97. The number of hydrogen-bond donors (Lipinski definition) is 2. The number of fused-ring (bicyclic) bond motifs is 1. The molecule has 0 spiro atoms. The van der Waals surface area contributed by atoms with Crippen molar-refractivity contribution in [3.63, 3.8) is 0 Å². The first kappa shape index (κ1) is 10.8. The second-order valence-corrected chi connectivity index (χ2v) is 5.65. The summed E-state index contributed by atoms with van der Waals surface area (Å²) in [6.45, 7) is 4.21. The maximum Gasteiger partial charge on any atom is 0.132 e. The van der Waals surface area contributed by atoms with Crippen molar-refractivity contribution in [2.24, 2.45) is 5.73 Å². The number of aromatic amines is 1. The van der Waals surface area contributed by atoms with E-state index in [0.717, 1.165) is 23.9 Å². The molecule has 17 heavy (non-hydrogen) atoms. The normalized spacial score (nSPS) is 18.6. The number of benzene rings is 1. The predicted molar refractivity (Wildman–Crippen MR) is 67.4 cm³/mol. The Morgan fingerprint density at radius 1 is 1.35 bits per heavy atom. The van der Waals surface area contributed by atoms with Gasteiger partial charge in [0.1, 0.15) is 5.82 Å². The van der Waals surface area contributed by atoms with Crippen LogP contribution < -0.4 is 5.73 Å². The second kappa shape index (κ2) is 3.10. The number of aromatic nitrogens is 1. The van der Waals surface area contributed by atoms with E-state index in [4.69, 9.17) is 5.73 Å². The molecule has 0 atom stereocenters. The molecule has 2 aromatic rings. The first-order valence-electron chi connectivity index (χ1n) is 6.01. The van der Waals surface area contributed by atoms with E-state index in [1.807, 2.05) is 12.3 Å². The van der Waals surface area contributed by atoms with Crippen molar-refractivity contribution in [2.45, 2.75) is 37.6 Å². The summed E-state index contributed by atoms with van der Waals surface area (Å²) in [5, 5.41) is 0.689. The summed E-state index contributed by atoms with van der Waals surface area (Å²) >= 11 is 0. The quantitative estimate of drug-likeness (QED) is 0.821. The minimum atomic E-state index is -0.201. The van der Waals surface area contributed by atoms with Gasteiger partial charge in [-0.3, -0.25) is 0 Å². The Hall–Kier alpha value is -1.35.